The van der Waals surface area contributed by atoms with Gasteiger partial charge in [-0.15, -0.1) is 0 Å². The molecule has 0 amide bonds. The van der Waals surface area contributed by atoms with E-state index >= 15 is 0 Å². The van der Waals surface area contributed by atoms with Crippen molar-refractivity contribution in [1.82, 2.24) is 4.98 Å². The second kappa shape index (κ2) is 2.87. The van der Waals surface area contributed by atoms with Crippen LogP contribution in [0.5, 0.6) is 0 Å². The van der Waals surface area contributed by atoms with Gasteiger partial charge in [0, 0.05) is 6.20 Å². The fraction of sp³-hybridized carbons (Fsp3) is 0. The SMILES string of the molecule is Nc1nccc2cc(F)c(F)c(F)c12. The van der Waals surface area contributed by atoms with Crippen LogP contribution in [0.4, 0.5) is 19.0 Å². The van der Waals surface area contributed by atoms with E-state index in [0.717, 1.165) is 6.07 Å². The third-order valence-corrected chi connectivity index (χ3v) is 1.92. The van der Waals surface area contributed by atoms with Gasteiger partial charge in [0.2, 0.25) is 0 Å². The smallest absolute Gasteiger partial charge is 0.195 e. The average molecular weight is 198 g/mol. The Kier molecular flexibility index (Phi) is 1.80. The third kappa shape index (κ3) is 1.09. The van der Waals surface area contributed by atoms with Crippen LogP contribution in [0.2, 0.25) is 0 Å². The monoisotopic (exact) mass is 198 g/mol. The highest BCUT2D eigenvalue weighted by atomic mass is 19.2. The van der Waals surface area contributed by atoms with Crippen LogP contribution in [-0.2, 0) is 0 Å². The zero-order valence-electron chi connectivity index (χ0n) is 6.89. The van der Waals surface area contributed by atoms with Gasteiger partial charge in [0.1, 0.15) is 5.82 Å². The predicted molar refractivity (Wildman–Crippen MR) is 46.0 cm³/mol. The molecule has 14 heavy (non-hydrogen) atoms. The molecule has 0 fully saturated rings. The van der Waals surface area contributed by atoms with Crippen molar-refractivity contribution in [2.75, 3.05) is 5.73 Å². The summed E-state index contributed by atoms with van der Waals surface area (Å²) in [7, 11) is 0. The number of rotatable bonds is 0. The molecule has 2 rings (SSSR count). The van der Waals surface area contributed by atoms with Crippen molar-refractivity contribution in [2.24, 2.45) is 0 Å². The molecule has 0 unspecified atom stereocenters. The number of anilines is 1. The van der Waals surface area contributed by atoms with Gasteiger partial charge in [-0.1, -0.05) is 0 Å². The Bertz CT molecular complexity index is 511. The number of halogens is 3. The highest BCUT2D eigenvalue weighted by molar-refractivity contribution is 5.91. The lowest BCUT2D eigenvalue weighted by atomic mass is 10.1. The lowest BCUT2D eigenvalue weighted by molar-refractivity contribution is 0.453. The molecule has 72 valence electrons. The van der Waals surface area contributed by atoms with Crippen molar-refractivity contribution in [1.29, 1.82) is 0 Å². The second-order valence-electron chi connectivity index (χ2n) is 2.78. The Morgan fingerprint density at radius 1 is 1.14 bits per heavy atom. The van der Waals surface area contributed by atoms with Gasteiger partial charge in [0.05, 0.1) is 5.39 Å². The predicted octanol–water partition coefficient (Wildman–Crippen LogP) is 2.23. The molecule has 0 saturated heterocycles. The lowest BCUT2D eigenvalue weighted by Crippen LogP contribution is -1.98. The molecule has 1 heterocycles. The van der Waals surface area contributed by atoms with Gasteiger partial charge in [0.25, 0.3) is 0 Å². The van der Waals surface area contributed by atoms with E-state index in [2.05, 4.69) is 4.98 Å². The maximum absolute atomic E-state index is 13.2. The molecule has 2 nitrogen and oxygen atoms in total. The summed E-state index contributed by atoms with van der Waals surface area (Å²) in [6.07, 6.45) is 1.30. The zero-order chi connectivity index (χ0) is 10.3. The number of fused-ring (bicyclic) bond motifs is 1. The van der Waals surface area contributed by atoms with Crippen LogP contribution in [0.3, 0.4) is 0 Å². The molecule has 0 radical (unpaired) electrons. The number of aromatic nitrogens is 1. The van der Waals surface area contributed by atoms with Gasteiger partial charge in [-0.25, -0.2) is 18.2 Å². The van der Waals surface area contributed by atoms with Crippen LogP contribution < -0.4 is 5.73 Å². The van der Waals surface area contributed by atoms with E-state index in [0.29, 0.717) is 0 Å². The average Bonchev–Trinajstić information content (AvgIpc) is 2.14. The van der Waals surface area contributed by atoms with E-state index in [1.54, 1.807) is 0 Å². The number of nitrogens with zero attached hydrogens (tertiary/aromatic N) is 1. The first kappa shape index (κ1) is 8.80. The molecular formula is C9H5F3N2. The molecule has 1 aromatic carbocycles. The van der Waals surface area contributed by atoms with Crippen molar-refractivity contribution < 1.29 is 13.2 Å². The zero-order valence-corrected chi connectivity index (χ0v) is 6.89. The van der Waals surface area contributed by atoms with Gasteiger partial charge in [-0.2, -0.15) is 0 Å². The van der Waals surface area contributed by atoms with Crippen LogP contribution in [0, 0.1) is 17.5 Å². The summed E-state index contributed by atoms with van der Waals surface area (Å²) in [4.78, 5) is 3.59. The van der Waals surface area contributed by atoms with Gasteiger partial charge < -0.3 is 5.73 Å². The van der Waals surface area contributed by atoms with E-state index < -0.39 is 17.5 Å². The topological polar surface area (TPSA) is 38.9 Å². The fourth-order valence-corrected chi connectivity index (χ4v) is 1.27. The quantitative estimate of drug-likeness (QED) is 0.659. The van der Waals surface area contributed by atoms with Gasteiger partial charge >= 0.3 is 0 Å². The molecule has 0 aliphatic carbocycles. The molecule has 0 aliphatic rings. The standard InChI is InChI=1S/C9H5F3N2/c10-5-3-4-1-2-14-9(13)6(4)8(12)7(5)11/h1-3H,(H2,13,14). The highest BCUT2D eigenvalue weighted by Crippen LogP contribution is 2.25. The van der Waals surface area contributed by atoms with Crippen molar-refractivity contribution in [2.45, 2.75) is 0 Å². The number of nitrogens with two attached hydrogens (primary N) is 1. The Morgan fingerprint density at radius 2 is 1.86 bits per heavy atom. The van der Waals surface area contributed by atoms with E-state index in [-0.39, 0.29) is 16.6 Å². The van der Waals surface area contributed by atoms with E-state index in [9.17, 15) is 13.2 Å². The molecule has 0 aliphatic heterocycles. The first-order chi connectivity index (χ1) is 6.61. The lowest BCUT2D eigenvalue weighted by Gasteiger charge is -2.03. The Labute approximate surface area is 77.2 Å². The Morgan fingerprint density at radius 3 is 2.57 bits per heavy atom. The molecule has 0 saturated carbocycles. The normalized spacial score (nSPS) is 10.8. The van der Waals surface area contributed by atoms with Gasteiger partial charge in [-0.05, 0) is 17.5 Å². The summed E-state index contributed by atoms with van der Waals surface area (Å²) in [5.41, 5.74) is 5.34. The molecule has 0 spiro atoms. The molecule has 0 bridgehead atoms. The van der Waals surface area contributed by atoms with Gasteiger partial charge in [0.15, 0.2) is 17.5 Å². The van der Waals surface area contributed by atoms with E-state index in [4.69, 9.17) is 5.73 Å². The first-order valence-corrected chi connectivity index (χ1v) is 3.79. The number of benzene rings is 1. The number of nitrogen functional groups attached to an aromatic ring is 1. The molecule has 1 aromatic heterocycles. The summed E-state index contributed by atoms with van der Waals surface area (Å²) < 4.78 is 38.8. The van der Waals surface area contributed by atoms with Crippen LogP contribution in [0.15, 0.2) is 18.3 Å². The summed E-state index contributed by atoms with van der Waals surface area (Å²) in [6.45, 7) is 0. The molecule has 2 aromatic rings. The molecule has 2 N–H and O–H groups in total. The highest BCUT2D eigenvalue weighted by Gasteiger charge is 2.15. The Balaban J connectivity index is 2.99. The molecule has 5 heteroatoms. The largest absolute Gasteiger partial charge is 0.383 e. The number of hydrogen-bond acceptors (Lipinski definition) is 2. The summed E-state index contributed by atoms with van der Waals surface area (Å²) >= 11 is 0. The van der Waals surface area contributed by atoms with Crippen molar-refractivity contribution in [3.63, 3.8) is 0 Å². The maximum Gasteiger partial charge on any atom is 0.195 e. The minimum absolute atomic E-state index is 0.154. The Hall–Kier alpha value is -1.78. The van der Waals surface area contributed by atoms with Crippen LogP contribution in [-0.4, -0.2) is 4.98 Å². The summed E-state index contributed by atoms with van der Waals surface area (Å²) in [5.74, 6) is -4.22. The van der Waals surface area contributed by atoms with Crippen LogP contribution >= 0.6 is 0 Å². The van der Waals surface area contributed by atoms with Crippen molar-refractivity contribution in [3.8, 4) is 0 Å². The summed E-state index contributed by atoms with van der Waals surface area (Å²) in [6, 6.07) is 2.24. The van der Waals surface area contributed by atoms with E-state index in [1.807, 2.05) is 0 Å². The second-order valence-corrected chi connectivity index (χ2v) is 2.78. The van der Waals surface area contributed by atoms with E-state index in [1.165, 1.54) is 12.3 Å². The maximum atomic E-state index is 13.2. The van der Waals surface area contributed by atoms with Crippen molar-refractivity contribution in [3.05, 3.63) is 35.8 Å². The van der Waals surface area contributed by atoms with Crippen LogP contribution in [0.1, 0.15) is 0 Å². The van der Waals surface area contributed by atoms with Crippen LogP contribution in [0.25, 0.3) is 10.8 Å². The number of pyridine rings is 1. The first-order valence-electron chi connectivity index (χ1n) is 3.79. The van der Waals surface area contributed by atoms with Crippen molar-refractivity contribution >= 4 is 16.6 Å². The minimum atomic E-state index is -1.53. The van der Waals surface area contributed by atoms with Gasteiger partial charge in [-0.3, -0.25) is 0 Å². The molecule has 0 atom stereocenters. The third-order valence-electron chi connectivity index (χ3n) is 1.92. The minimum Gasteiger partial charge on any atom is -0.383 e. The summed E-state index contributed by atoms with van der Waals surface area (Å²) in [5, 5.41) is 0.000278. The fourth-order valence-electron chi connectivity index (χ4n) is 1.27. The number of hydrogen-bond donors (Lipinski definition) is 1. The molecular weight excluding hydrogens is 193 g/mol.